The second-order valence-electron chi connectivity index (χ2n) is 5.05. The van der Waals surface area contributed by atoms with Gasteiger partial charge < -0.3 is 15.5 Å². The van der Waals surface area contributed by atoms with Gasteiger partial charge in [-0.15, -0.1) is 11.3 Å². The fourth-order valence-electron chi connectivity index (χ4n) is 2.56. The maximum atomic E-state index is 11.9. The number of hydrogen-bond donors (Lipinski definition) is 2. The summed E-state index contributed by atoms with van der Waals surface area (Å²) in [6.07, 6.45) is 0.398. The molecule has 0 unspecified atom stereocenters. The van der Waals surface area contributed by atoms with Crippen LogP contribution in [0, 0.1) is 0 Å². The number of carbonyl (C=O) groups is 2. The average Bonchev–Trinajstić information content (AvgIpc) is 3.11. The Morgan fingerprint density at radius 1 is 1.36 bits per heavy atom. The van der Waals surface area contributed by atoms with Crippen LogP contribution in [0.4, 0.5) is 16.2 Å². The molecule has 6 heteroatoms. The molecule has 114 valence electrons. The summed E-state index contributed by atoms with van der Waals surface area (Å²) < 4.78 is 0. The zero-order chi connectivity index (χ0) is 15.5. The Morgan fingerprint density at radius 2 is 2.23 bits per heavy atom. The Hall–Kier alpha value is -2.34. The molecule has 0 radical (unpaired) electrons. The molecule has 1 aliphatic heterocycles. The Labute approximate surface area is 132 Å². The number of anilines is 2. The Bertz CT molecular complexity index is 697. The molecule has 1 aromatic heterocycles. The molecule has 3 rings (SSSR count). The summed E-state index contributed by atoms with van der Waals surface area (Å²) in [4.78, 5) is 26.6. The highest BCUT2D eigenvalue weighted by atomic mass is 32.1. The van der Waals surface area contributed by atoms with E-state index in [2.05, 4.69) is 10.6 Å². The smallest absolute Gasteiger partial charge is 0.319 e. The van der Waals surface area contributed by atoms with Crippen LogP contribution in [0.2, 0.25) is 0 Å². The molecule has 0 aliphatic carbocycles. The minimum Gasteiger partial charge on any atom is -0.333 e. The van der Waals surface area contributed by atoms with Crippen molar-refractivity contribution in [2.75, 3.05) is 16.8 Å². The first-order valence-electron chi connectivity index (χ1n) is 7.18. The largest absolute Gasteiger partial charge is 0.333 e. The third-order valence-corrected chi connectivity index (χ3v) is 4.47. The molecular weight excluding hydrogens is 298 g/mol. The van der Waals surface area contributed by atoms with Gasteiger partial charge in [-0.3, -0.25) is 4.79 Å². The van der Waals surface area contributed by atoms with E-state index in [1.165, 1.54) is 0 Å². The summed E-state index contributed by atoms with van der Waals surface area (Å²) in [5, 5.41) is 7.60. The Balaban J connectivity index is 1.63. The van der Waals surface area contributed by atoms with Crippen molar-refractivity contribution in [3.63, 3.8) is 0 Å². The van der Waals surface area contributed by atoms with E-state index in [-0.39, 0.29) is 11.9 Å². The molecule has 2 N–H and O–H groups in total. The predicted molar refractivity (Wildman–Crippen MR) is 88.4 cm³/mol. The van der Waals surface area contributed by atoms with Gasteiger partial charge in [0.15, 0.2) is 0 Å². The lowest BCUT2D eigenvalue weighted by molar-refractivity contribution is -0.117. The molecule has 0 atom stereocenters. The van der Waals surface area contributed by atoms with E-state index in [9.17, 15) is 9.59 Å². The lowest BCUT2D eigenvalue weighted by atomic mass is 10.1. The summed E-state index contributed by atoms with van der Waals surface area (Å²) >= 11 is 1.60. The number of urea groups is 1. The van der Waals surface area contributed by atoms with Crippen LogP contribution >= 0.6 is 11.3 Å². The van der Waals surface area contributed by atoms with Gasteiger partial charge in [-0.1, -0.05) is 6.07 Å². The molecule has 2 aromatic rings. The van der Waals surface area contributed by atoms with Crippen LogP contribution in [0.3, 0.4) is 0 Å². The summed E-state index contributed by atoms with van der Waals surface area (Å²) in [5.74, 6) is 0.108. The van der Waals surface area contributed by atoms with E-state index < -0.39 is 0 Å². The number of carbonyl (C=O) groups excluding carboxylic acids is 2. The van der Waals surface area contributed by atoms with Gasteiger partial charge in [-0.25, -0.2) is 4.79 Å². The van der Waals surface area contributed by atoms with Gasteiger partial charge in [0.1, 0.15) is 0 Å². The molecule has 1 aliphatic rings. The first-order chi connectivity index (χ1) is 10.7. The van der Waals surface area contributed by atoms with Crippen molar-refractivity contribution in [1.29, 1.82) is 0 Å². The minimum absolute atomic E-state index is 0.108. The lowest BCUT2D eigenvalue weighted by Gasteiger charge is -2.15. The molecule has 3 amide bonds. The fourth-order valence-corrected chi connectivity index (χ4v) is 3.21. The molecule has 22 heavy (non-hydrogen) atoms. The van der Waals surface area contributed by atoms with Crippen molar-refractivity contribution in [3.05, 3.63) is 46.2 Å². The van der Waals surface area contributed by atoms with Gasteiger partial charge in [0.2, 0.25) is 5.91 Å². The van der Waals surface area contributed by atoms with Gasteiger partial charge in [-0.2, -0.15) is 0 Å². The highest BCUT2D eigenvalue weighted by molar-refractivity contribution is 7.09. The monoisotopic (exact) mass is 315 g/mol. The molecule has 0 fully saturated rings. The third-order valence-electron chi connectivity index (χ3n) is 3.59. The van der Waals surface area contributed by atoms with Crippen molar-refractivity contribution in [2.24, 2.45) is 0 Å². The highest BCUT2D eigenvalue weighted by Gasteiger charge is 2.25. The summed E-state index contributed by atoms with van der Waals surface area (Å²) in [6, 6.07) is 9.27. The molecule has 5 nitrogen and oxygen atoms in total. The van der Waals surface area contributed by atoms with Crippen LogP contribution in [0.1, 0.15) is 17.4 Å². The lowest BCUT2D eigenvalue weighted by Crippen LogP contribution is -2.27. The first kappa shape index (κ1) is 14.6. The number of thiophene rings is 1. The molecule has 0 spiro atoms. The normalized spacial score (nSPS) is 13.1. The number of fused-ring (bicyclic) bond motifs is 1. The summed E-state index contributed by atoms with van der Waals surface area (Å²) in [5.41, 5.74) is 2.60. The summed E-state index contributed by atoms with van der Waals surface area (Å²) in [7, 11) is 0. The van der Waals surface area contributed by atoms with Crippen molar-refractivity contribution in [2.45, 2.75) is 19.9 Å². The Morgan fingerprint density at radius 3 is 2.95 bits per heavy atom. The van der Waals surface area contributed by atoms with Gasteiger partial charge in [0, 0.05) is 22.8 Å². The number of nitrogens with zero attached hydrogens (tertiary/aromatic N) is 1. The maximum Gasteiger partial charge on any atom is 0.319 e. The molecule has 0 saturated carbocycles. The molecule has 0 saturated heterocycles. The first-order valence-corrected chi connectivity index (χ1v) is 8.06. The second-order valence-corrected chi connectivity index (χ2v) is 6.08. The highest BCUT2D eigenvalue weighted by Crippen LogP contribution is 2.30. The minimum atomic E-state index is -0.245. The van der Waals surface area contributed by atoms with Gasteiger partial charge in [0.05, 0.1) is 13.0 Å². The number of benzene rings is 1. The quantitative estimate of drug-likeness (QED) is 0.911. The molecular formula is C16H17N3O2S. The van der Waals surface area contributed by atoms with E-state index >= 15 is 0 Å². The van der Waals surface area contributed by atoms with E-state index in [4.69, 9.17) is 0 Å². The van der Waals surface area contributed by atoms with Crippen molar-refractivity contribution in [3.8, 4) is 0 Å². The number of nitrogens with one attached hydrogen (secondary N) is 2. The summed E-state index contributed by atoms with van der Waals surface area (Å²) in [6.45, 7) is 3.13. The van der Waals surface area contributed by atoms with Crippen LogP contribution in [-0.4, -0.2) is 18.5 Å². The average molecular weight is 315 g/mol. The number of likely N-dealkylation sites (N-methyl/N-ethyl adjacent to an activating group) is 1. The van der Waals surface area contributed by atoms with E-state index in [1.807, 2.05) is 42.6 Å². The van der Waals surface area contributed by atoms with E-state index in [1.54, 1.807) is 16.2 Å². The number of hydrogen-bond acceptors (Lipinski definition) is 3. The zero-order valence-electron chi connectivity index (χ0n) is 12.3. The van der Waals surface area contributed by atoms with Crippen LogP contribution in [0.25, 0.3) is 0 Å². The number of amides is 3. The topological polar surface area (TPSA) is 61.4 Å². The van der Waals surface area contributed by atoms with Gasteiger partial charge >= 0.3 is 6.03 Å². The van der Waals surface area contributed by atoms with Crippen LogP contribution < -0.4 is 15.5 Å². The van der Waals surface area contributed by atoms with Crippen molar-refractivity contribution >= 4 is 34.6 Å². The number of rotatable bonds is 4. The van der Waals surface area contributed by atoms with E-state index in [0.29, 0.717) is 25.2 Å². The van der Waals surface area contributed by atoms with E-state index in [0.717, 1.165) is 16.1 Å². The SMILES string of the molecule is CCN1C(=O)Cc2cc(NC(=O)NCc3cccs3)ccc21. The Kier molecular flexibility index (Phi) is 4.11. The maximum absolute atomic E-state index is 11.9. The van der Waals surface area contributed by atoms with Crippen molar-refractivity contribution < 1.29 is 9.59 Å². The van der Waals surface area contributed by atoms with Crippen molar-refractivity contribution in [1.82, 2.24) is 5.32 Å². The van der Waals surface area contributed by atoms with Crippen LogP contribution in [0.15, 0.2) is 35.7 Å². The standard InChI is InChI=1S/C16H17N3O2S/c1-2-19-14-6-5-12(8-11(14)9-15(19)20)18-16(21)17-10-13-4-3-7-22-13/h3-8H,2,9-10H2,1H3,(H2,17,18,21). The zero-order valence-corrected chi connectivity index (χ0v) is 13.1. The second kappa shape index (κ2) is 6.19. The molecule has 0 bridgehead atoms. The van der Waals surface area contributed by atoms with Gasteiger partial charge in [0.25, 0.3) is 0 Å². The molecule has 2 heterocycles. The third kappa shape index (κ3) is 2.96. The molecule has 1 aromatic carbocycles. The van der Waals surface area contributed by atoms with Crippen LogP contribution in [0.5, 0.6) is 0 Å². The predicted octanol–water partition coefficient (Wildman–Crippen LogP) is 2.98. The fraction of sp³-hybridized carbons (Fsp3) is 0.250. The van der Waals surface area contributed by atoms with Crippen LogP contribution in [-0.2, 0) is 17.8 Å². The van der Waals surface area contributed by atoms with Gasteiger partial charge in [-0.05, 0) is 42.1 Å².